The lowest BCUT2D eigenvalue weighted by Gasteiger charge is -2.31. The SMILES string of the molecule is Cc1ccc2cc(C(C)OC(=O)C3CC4CC3C(C)C4C)ccc2c1. The van der Waals surface area contributed by atoms with E-state index in [0.29, 0.717) is 11.8 Å². The monoisotopic (exact) mass is 336 g/mol. The van der Waals surface area contributed by atoms with Crippen molar-refractivity contribution >= 4 is 16.7 Å². The van der Waals surface area contributed by atoms with E-state index in [4.69, 9.17) is 4.74 Å². The van der Waals surface area contributed by atoms with Crippen LogP contribution in [0.25, 0.3) is 10.8 Å². The van der Waals surface area contributed by atoms with Crippen molar-refractivity contribution in [3.05, 3.63) is 47.5 Å². The van der Waals surface area contributed by atoms with Crippen LogP contribution in [0.5, 0.6) is 0 Å². The van der Waals surface area contributed by atoms with Crippen LogP contribution in [0.2, 0.25) is 0 Å². The predicted molar refractivity (Wildman–Crippen MR) is 101 cm³/mol. The Hall–Kier alpha value is -1.83. The van der Waals surface area contributed by atoms with E-state index < -0.39 is 0 Å². The van der Waals surface area contributed by atoms with Crippen LogP contribution in [-0.4, -0.2) is 5.97 Å². The van der Waals surface area contributed by atoms with Gasteiger partial charge in [0.05, 0.1) is 5.92 Å². The van der Waals surface area contributed by atoms with E-state index in [2.05, 4.69) is 57.2 Å². The second kappa shape index (κ2) is 6.16. The average molecular weight is 336 g/mol. The molecule has 6 atom stereocenters. The Labute approximate surface area is 150 Å². The maximum absolute atomic E-state index is 12.8. The molecule has 2 aromatic carbocycles. The predicted octanol–water partition coefficient (Wildman–Crippen LogP) is 5.68. The summed E-state index contributed by atoms with van der Waals surface area (Å²) >= 11 is 0. The normalized spacial score (nSPS) is 32.1. The molecule has 4 rings (SSSR count). The van der Waals surface area contributed by atoms with Crippen molar-refractivity contribution in [1.82, 2.24) is 0 Å². The lowest BCUT2D eigenvalue weighted by molar-refractivity contribution is -0.156. The molecule has 0 saturated heterocycles. The van der Waals surface area contributed by atoms with E-state index in [0.717, 1.165) is 23.8 Å². The molecule has 2 aromatic rings. The summed E-state index contributed by atoms with van der Waals surface area (Å²) in [5.41, 5.74) is 2.34. The number of hydrogen-bond acceptors (Lipinski definition) is 2. The van der Waals surface area contributed by atoms with Gasteiger partial charge in [-0.25, -0.2) is 0 Å². The molecule has 2 nitrogen and oxygen atoms in total. The second-order valence-corrected chi connectivity index (χ2v) is 8.41. The van der Waals surface area contributed by atoms with Crippen molar-refractivity contribution in [2.75, 3.05) is 0 Å². The van der Waals surface area contributed by atoms with Crippen molar-refractivity contribution in [3.8, 4) is 0 Å². The van der Waals surface area contributed by atoms with Gasteiger partial charge in [-0.05, 0) is 72.8 Å². The van der Waals surface area contributed by atoms with E-state index >= 15 is 0 Å². The quantitative estimate of drug-likeness (QED) is 0.674. The Bertz CT molecular complexity index is 807. The molecule has 2 aliphatic rings. The molecule has 25 heavy (non-hydrogen) atoms. The van der Waals surface area contributed by atoms with Crippen molar-refractivity contribution in [2.45, 2.75) is 46.6 Å². The minimum Gasteiger partial charge on any atom is -0.458 e. The first-order valence-corrected chi connectivity index (χ1v) is 9.65. The number of rotatable bonds is 3. The highest BCUT2D eigenvalue weighted by Crippen LogP contribution is 2.55. The lowest BCUT2D eigenvalue weighted by atomic mass is 9.76. The average Bonchev–Trinajstić information content (AvgIpc) is 3.15. The zero-order valence-corrected chi connectivity index (χ0v) is 15.7. The number of esters is 1. The van der Waals surface area contributed by atoms with Crippen LogP contribution in [0.4, 0.5) is 0 Å². The standard InChI is InChI=1S/C23H28O2/c1-13-5-6-19-10-17(7-8-18(19)9-13)16(4)25-23(24)22-12-20-11-21(22)15(3)14(20)2/h5-10,14-16,20-22H,11-12H2,1-4H3. The molecule has 2 bridgehead atoms. The number of benzene rings is 2. The van der Waals surface area contributed by atoms with Crippen molar-refractivity contribution < 1.29 is 9.53 Å². The maximum atomic E-state index is 12.8. The lowest BCUT2D eigenvalue weighted by Crippen LogP contribution is -2.31. The van der Waals surface area contributed by atoms with Gasteiger partial charge in [-0.15, -0.1) is 0 Å². The molecule has 2 aliphatic carbocycles. The fraction of sp³-hybridized carbons (Fsp3) is 0.522. The third-order valence-electron chi connectivity index (χ3n) is 6.98. The number of aryl methyl sites for hydroxylation is 1. The highest BCUT2D eigenvalue weighted by molar-refractivity contribution is 5.84. The highest BCUT2D eigenvalue weighted by Gasteiger charge is 2.51. The van der Waals surface area contributed by atoms with Crippen LogP contribution in [0.3, 0.4) is 0 Å². The summed E-state index contributed by atoms with van der Waals surface area (Å²) in [4.78, 5) is 12.8. The van der Waals surface area contributed by atoms with E-state index in [9.17, 15) is 4.79 Å². The van der Waals surface area contributed by atoms with Crippen LogP contribution < -0.4 is 0 Å². The molecule has 0 heterocycles. The first-order valence-electron chi connectivity index (χ1n) is 9.65. The molecule has 0 amide bonds. The second-order valence-electron chi connectivity index (χ2n) is 8.41. The van der Waals surface area contributed by atoms with Crippen LogP contribution in [0, 0.1) is 36.5 Å². The summed E-state index contributed by atoms with van der Waals surface area (Å²) in [6.07, 6.45) is 2.05. The molecule has 132 valence electrons. The number of fused-ring (bicyclic) bond motifs is 3. The summed E-state index contributed by atoms with van der Waals surface area (Å²) in [6, 6.07) is 12.8. The van der Waals surface area contributed by atoms with Gasteiger partial charge in [0.15, 0.2) is 0 Å². The van der Waals surface area contributed by atoms with Gasteiger partial charge < -0.3 is 4.74 Å². The fourth-order valence-electron chi connectivity index (χ4n) is 5.18. The number of ether oxygens (including phenoxy) is 1. The van der Waals surface area contributed by atoms with E-state index in [1.165, 1.54) is 22.8 Å². The molecular formula is C23H28O2. The van der Waals surface area contributed by atoms with Crippen LogP contribution in [0.15, 0.2) is 36.4 Å². The van der Waals surface area contributed by atoms with E-state index in [1.807, 2.05) is 6.92 Å². The zero-order chi connectivity index (χ0) is 17.7. The third kappa shape index (κ3) is 2.86. The fourth-order valence-corrected chi connectivity index (χ4v) is 5.18. The minimum atomic E-state index is -0.190. The van der Waals surface area contributed by atoms with Gasteiger partial charge in [-0.1, -0.05) is 49.7 Å². The summed E-state index contributed by atoms with van der Waals surface area (Å²) in [6.45, 7) is 8.75. The van der Waals surface area contributed by atoms with Crippen LogP contribution in [-0.2, 0) is 9.53 Å². The van der Waals surface area contributed by atoms with Crippen molar-refractivity contribution in [3.63, 3.8) is 0 Å². The highest BCUT2D eigenvalue weighted by atomic mass is 16.5. The number of carbonyl (C=O) groups excluding carboxylic acids is 1. The molecule has 0 radical (unpaired) electrons. The van der Waals surface area contributed by atoms with E-state index in [1.54, 1.807) is 0 Å². The van der Waals surface area contributed by atoms with Gasteiger partial charge in [0, 0.05) is 0 Å². The molecule has 0 aliphatic heterocycles. The zero-order valence-electron chi connectivity index (χ0n) is 15.7. The Morgan fingerprint density at radius 1 is 1.04 bits per heavy atom. The largest absolute Gasteiger partial charge is 0.458 e. The first-order chi connectivity index (χ1) is 11.9. The van der Waals surface area contributed by atoms with Crippen molar-refractivity contribution in [1.29, 1.82) is 0 Å². The molecule has 0 spiro atoms. The minimum absolute atomic E-state index is 0.0164. The summed E-state index contributed by atoms with van der Waals surface area (Å²) in [5, 5.41) is 2.44. The van der Waals surface area contributed by atoms with Gasteiger partial charge in [-0.2, -0.15) is 0 Å². The van der Waals surface area contributed by atoms with Crippen LogP contribution in [0.1, 0.15) is 50.8 Å². The van der Waals surface area contributed by atoms with E-state index in [-0.39, 0.29) is 18.0 Å². The first kappa shape index (κ1) is 16.6. The molecule has 2 saturated carbocycles. The topological polar surface area (TPSA) is 26.3 Å². The van der Waals surface area contributed by atoms with Gasteiger partial charge in [0.25, 0.3) is 0 Å². The smallest absolute Gasteiger partial charge is 0.309 e. The Balaban J connectivity index is 1.48. The van der Waals surface area contributed by atoms with Gasteiger partial charge in [0.1, 0.15) is 6.10 Å². The summed E-state index contributed by atoms with van der Waals surface area (Å²) in [5.74, 6) is 2.78. The van der Waals surface area contributed by atoms with Crippen molar-refractivity contribution in [2.24, 2.45) is 29.6 Å². The molecule has 6 unspecified atom stereocenters. The summed E-state index contributed by atoms with van der Waals surface area (Å²) < 4.78 is 5.89. The van der Waals surface area contributed by atoms with Crippen LogP contribution >= 0.6 is 0 Å². The van der Waals surface area contributed by atoms with Gasteiger partial charge in [-0.3, -0.25) is 4.79 Å². The van der Waals surface area contributed by atoms with Gasteiger partial charge >= 0.3 is 5.97 Å². The Kier molecular flexibility index (Phi) is 4.10. The molecule has 2 fully saturated rings. The number of hydrogen-bond donors (Lipinski definition) is 0. The molecular weight excluding hydrogens is 308 g/mol. The molecule has 0 aromatic heterocycles. The Morgan fingerprint density at radius 3 is 2.48 bits per heavy atom. The number of carbonyl (C=O) groups is 1. The van der Waals surface area contributed by atoms with Gasteiger partial charge in [0.2, 0.25) is 0 Å². The Morgan fingerprint density at radius 2 is 1.76 bits per heavy atom. The molecule has 0 N–H and O–H groups in total. The summed E-state index contributed by atoms with van der Waals surface area (Å²) in [7, 11) is 0. The third-order valence-corrected chi connectivity index (χ3v) is 6.98. The molecule has 2 heteroatoms. The maximum Gasteiger partial charge on any atom is 0.309 e.